The highest BCUT2D eigenvalue weighted by Crippen LogP contribution is 2.25. The summed E-state index contributed by atoms with van der Waals surface area (Å²) in [7, 11) is 0. The lowest BCUT2D eigenvalue weighted by Gasteiger charge is -2.02. The molecule has 0 atom stereocenters. The third-order valence-electron chi connectivity index (χ3n) is 3.88. The number of amides is 1. The number of nitrogens with one attached hydrogen (secondary N) is 1. The van der Waals surface area contributed by atoms with Gasteiger partial charge in [-0.15, -0.1) is 0 Å². The summed E-state index contributed by atoms with van der Waals surface area (Å²) in [6.45, 7) is 0. The monoisotopic (exact) mass is 375 g/mol. The first-order valence-corrected chi connectivity index (χ1v) is 8.28. The summed E-state index contributed by atoms with van der Waals surface area (Å²) < 4.78 is 10.7. The van der Waals surface area contributed by atoms with Crippen LogP contribution in [-0.4, -0.2) is 15.8 Å². The number of furan rings is 1. The molecule has 138 valence electrons. The molecule has 4 rings (SSSR count). The average Bonchev–Trinajstić information content (AvgIpc) is 3.34. The fourth-order valence-electron chi connectivity index (χ4n) is 2.56. The van der Waals surface area contributed by atoms with Crippen LogP contribution < -0.4 is 5.32 Å². The van der Waals surface area contributed by atoms with Crippen LogP contribution in [0.1, 0.15) is 5.76 Å². The van der Waals surface area contributed by atoms with Crippen molar-refractivity contribution in [3.8, 4) is 11.5 Å². The minimum absolute atomic E-state index is 0.216. The third kappa shape index (κ3) is 3.65. The maximum Gasteiger partial charge on any atom is 0.433 e. The van der Waals surface area contributed by atoms with Gasteiger partial charge in [0.05, 0.1) is 6.07 Å². The molecule has 0 spiro atoms. The Hall–Kier alpha value is -4.20. The SMILES string of the molecule is O=C(/C=C/c1ccc([N+](=O)[O-])o1)Nc1ccc(-c2nc3ccccc3o2)cc1. The molecule has 2 aromatic heterocycles. The largest absolute Gasteiger partial charge is 0.436 e. The van der Waals surface area contributed by atoms with Crippen molar-refractivity contribution in [1.29, 1.82) is 0 Å². The van der Waals surface area contributed by atoms with Gasteiger partial charge in [-0.2, -0.15) is 0 Å². The molecule has 0 saturated heterocycles. The van der Waals surface area contributed by atoms with Gasteiger partial charge in [0.15, 0.2) is 5.58 Å². The van der Waals surface area contributed by atoms with Gasteiger partial charge in [-0.25, -0.2) is 4.98 Å². The minimum Gasteiger partial charge on any atom is -0.436 e. The molecule has 28 heavy (non-hydrogen) atoms. The molecular formula is C20H13N3O5. The lowest BCUT2D eigenvalue weighted by Crippen LogP contribution is -2.07. The Balaban J connectivity index is 1.42. The number of carbonyl (C=O) groups is 1. The van der Waals surface area contributed by atoms with Crippen molar-refractivity contribution in [3.63, 3.8) is 0 Å². The Morgan fingerprint density at radius 1 is 1.04 bits per heavy atom. The maximum absolute atomic E-state index is 12.0. The van der Waals surface area contributed by atoms with Crippen LogP contribution in [0.25, 0.3) is 28.6 Å². The predicted molar refractivity (Wildman–Crippen MR) is 102 cm³/mol. The van der Waals surface area contributed by atoms with Crippen molar-refractivity contribution in [2.75, 3.05) is 5.32 Å². The third-order valence-corrected chi connectivity index (χ3v) is 3.88. The number of carbonyl (C=O) groups excluding carboxylic acids is 1. The number of anilines is 1. The van der Waals surface area contributed by atoms with Gasteiger partial charge in [0.2, 0.25) is 11.8 Å². The van der Waals surface area contributed by atoms with Gasteiger partial charge in [-0.3, -0.25) is 14.9 Å². The number of nitrogens with zero attached hydrogens (tertiary/aromatic N) is 2. The Kier molecular flexibility index (Phi) is 4.43. The van der Waals surface area contributed by atoms with E-state index in [1.807, 2.05) is 24.3 Å². The van der Waals surface area contributed by atoms with E-state index < -0.39 is 10.8 Å². The number of benzene rings is 2. The quantitative estimate of drug-likeness (QED) is 0.309. The summed E-state index contributed by atoms with van der Waals surface area (Å²) in [5.41, 5.74) is 2.85. The highest BCUT2D eigenvalue weighted by atomic mass is 16.6. The first-order valence-electron chi connectivity index (χ1n) is 8.28. The Labute approximate surface area is 158 Å². The second-order valence-electron chi connectivity index (χ2n) is 5.82. The van der Waals surface area contributed by atoms with E-state index >= 15 is 0 Å². The molecule has 4 aromatic rings. The number of oxazole rings is 1. The Morgan fingerprint density at radius 2 is 1.82 bits per heavy atom. The van der Waals surface area contributed by atoms with Gasteiger partial charge in [-0.1, -0.05) is 12.1 Å². The number of hydrogen-bond donors (Lipinski definition) is 1. The zero-order valence-electron chi connectivity index (χ0n) is 14.4. The molecule has 0 unspecified atom stereocenters. The summed E-state index contributed by atoms with van der Waals surface area (Å²) in [6, 6.07) is 17.2. The average molecular weight is 375 g/mol. The maximum atomic E-state index is 12.0. The van der Waals surface area contributed by atoms with Gasteiger partial charge in [0, 0.05) is 17.3 Å². The van der Waals surface area contributed by atoms with Gasteiger partial charge in [0.25, 0.3) is 0 Å². The van der Waals surface area contributed by atoms with Crippen molar-refractivity contribution in [3.05, 3.63) is 82.6 Å². The van der Waals surface area contributed by atoms with Crippen LogP contribution in [0.5, 0.6) is 0 Å². The van der Waals surface area contributed by atoms with E-state index in [0.717, 1.165) is 11.1 Å². The van der Waals surface area contributed by atoms with Gasteiger partial charge >= 0.3 is 5.88 Å². The van der Waals surface area contributed by atoms with Crippen LogP contribution in [0.3, 0.4) is 0 Å². The molecule has 8 heteroatoms. The lowest BCUT2D eigenvalue weighted by molar-refractivity contribution is -0.402. The fourth-order valence-corrected chi connectivity index (χ4v) is 2.56. The van der Waals surface area contributed by atoms with Crippen molar-refractivity contribution in [1.82, 2.24) is 4.98 Å². The van der Waals surface area contributed by atoms with Crippen LogP contribution in [0, 0.1) is 10.1 Å². The molecule has 0 saturated carbocycles. The molecule has 0 aliphatic rings. The van der Waals surface area contributed by atoms with Crippen molar-refractivity contribution in [2.45, 2.75) is 0 Å². The van der Waals surface area contributed by atoms with Gasteiger partial charge in [0.1, 0.15) is 16.2 Å². The van der Waals surface area contributed by atoms with Crippen LogP contribution in [-0.2, 0) is 4.79 Å². The van der Waals surface area contributed by atoms with Crippen molar-refractivity contribution in [2.24, 2.45) is 0 Å². The first kappa shape index (κ1) is 17.2. The first-order chi connectivity index (χ1) is 13.6. The van der Waals surface area contributed by atoms with E-state index in [1.165, 1.54) is 24.3 Å². The standard InChI is InChI=1S/C20H13N3O5/c24-18(11-9-15-10-12-19(27-15)23(25)26)21-14-7-5-13(6-8-14)20-22-16-3-1-2-4-17(16)28-20/h1-12H,(H,21,24)/b11-9+. The van der Waals surface area contributed by atoms with Crippen LogP contribution in [0.4, 0.5) is 11.6 Å². The van der Waals surface area contributed by atoms with E-state index in [-0.39, 0.29) is 11.6 Å². The van der Waals surface area contributed by atoms with Gasteiger partial charge < -0.3 is 14.2 Å². The molecule has 8 nitrogen and oxygen atoms in total. The molecule has 0 bridgehead atoms. The van der Waals surface area contributed by atoms with Crippen LogP contribution >= 0.6 is 0 Å². The molecule has 0 aliphatic carbocycles. The normalized spacial score (nSPS) is 11.1. The zero-order chi connectivity index (χ0) is 19.5. The summed E-state index contributed by atoms with van der Waals surface area (Å²) >= 11 is 0. The highest BCUT2D eigenvalue weighted by Gasteiger charge is 2.10. The van der Waals surface area contributed by atoms with Crippen LogP contribution in [0.15, 0.2) is 75.6 Å². The highest BCUT2D eigenvalue weighted by molar-refractivity contribution is 6.01. The number of nitro groups is 1. The molecule has 2 aromatic carbocycles. The molecule has 2 heterocycles. The minimum atomic E-state index is -0.643. The summed E-state index contributed by atoms with van der Waals surface area (Å²) in [4.78, 5) is 26.4. The number of fused-ring (bicyclic) bond motifs is 1. The van der Waals surface area contributed by atoms with E-state index in [1.54, 1.807) is 24.3 Å². The van der Waals surface area contributed by atoms with E-state index in [4.69, 9.17) is 8.83 Å². The topological polar surface area (TPSA) is 111 Å². The summed E-state index contributed by atoms with van der Waals surface area (Å²) in [5.74, 6) is -0.0601. The Morgan fingerprint density at radius 3 is 2.54 bits per heavy atom. The fraction of sp³-hybridized carbons (Fsp3) is 0. The number of hydrogen-bond acceptors (Lipinski definition) is 6. The predicted octanol–water partition coefficient (Wildman–Crippen LogP) is 4.65. The van der Waals surface area contributed by atoms with Gasteiger partial charge in [-0.05, 0) is 48.5 Å². The van der Waals surface area contributed by atoms with Crippen LogP contribution in [0.2, 0.25) is 0 Å². The smallest absolute Gasteiger partial charge is 0.433 e. The number of rotatable bonds is 5. The number of para-hydroxylation sites is 2. The molecule has 0 fully saturated rings. The second-order valence-corrected chi connectivity index (χ2v) is 5.82. The number of aromatic nitrogens is 1. The summed E-state index contributed by atoms with van der Waals surface area (Å²) in [6.07, 6.45) is 2.59. The molecule has 1 amide bonds. The zero-order valence-corrected chi connectivity index (χ0v) is 14.4. The second kappa shape index (κ2) is 7.20. The van der Waals surface area contributed by atoms with E-state index in [9.17, 15) is 14.9 Å². The summed E-state index contributed by atoms with van der Waals surface area (Å²) in [5, 5.41) is 13.3. The van der Waals surface area contributed by atoms with E-state index in [0.29, 0.717) is 17.2 Å². The van der Waals surface area contributed by atoms with Crippen molar-refractivity contribution >= 4 is 34.7 Å². The molecule has 0 radical (unpaired) electrons. The lowest BCUT2D eigenvalue weighted by atomic mass is 10.2. The molecule has 1 N–H and O–H groups in total. The van der Waals surface area contributed by atoms with Crippen molar-refractivity contribution < 1.29 is 18.6 Å². The molecular weight excluding hydrogens is 362 g/mol. The molecule has 0 aliphatic heterocycles. The Bertz CT molecular complexity index is 1160. The van der Waals surface area contributed by atoms with E-state index in [2.05, 4.69) is 10.3 Å².